The van der Waals surface area contributed by atoms with Gasteiger partial charge >= 0.3 is 0 Å². The lowest BCUT2D eigenvalue weighted by Gasteiger charge is -2.20. The number of fused-ring (bicyclic) bond motifs is 1. The molecule has 1 aliphatic heterocycles. The quantitative estimate of drug-likeness (QED) is 0.248. The predicted octanol–water partition coefficient (Wildman–Crippen LogP) is 5.44. The summed E-state index contributed by atoms with van der Waals surface area (Å²) in [5, 5.41) is 0. The molecule has 1 fully saturated rings. The molecule has 0 spiro atoms. The minimum atomic E-state index is -0.0318. The number of para-hydroxylation sites is 4. The molecular weight excluding hydrogens is 482 g/mol. The van der Waals surface area contributed by atoms with E-state index in [1.807, 2.05) is 60.7 Å². The Hall–Kier alpha value is -4.20. The Bertz CT molecular complexity index is 1420. The number of anilines is 1. The van der Waals surface area contributed by atoms with Crippen molar-refractivity contribution < 1.29 is 23.7 Å². The number of nitrogens with zero attached hydrogens (tertiary/aromatic N) is 3. The van der Waals surface area contributed by atoms with Crippen molar-refractivity contribution >= 4 is 22.6 Å². The van der Waals surface area contributed by atoms with Crippen LogP contribution in [0.1, 0.15) is 31.0 Å². The second kappa shape index (κ2) is 11.5. The highest BCUT2D eigenvalue weighted by Crippen LogP contribution is 2.39. The largest absolute Gasteiger partial charge is 0.497 e. The fraction of sp³-hybridized carbons (Fsp3) is 0.333. The molecule has 1 saturated heterocycles. The van der Waals surface area contributed by atoms with E-state index < -0.39 is 0 Å². The van der Waals surface area contributed by atoms with Gasteiger partial charge in [0.05, 0.1) is 44.7 Å². The summed E-state index contributed by atoms with van der Waals surface area (Å²) in [5.41, 5.74) is 2.74. The number of aryl methyl sites for hydroxylation is 1. The number of benzene rings is 3. The Labute approximate surface area is 222 Å². The SMILES string of the molecule is COc1ccc(OC)c(N2CC(c3nc4ccccc4n3CCCCOc3ccccc3OC)CC2=O)c1. The summed E-state index contributed by atoms with van der Waals surface area (Å²) < 4.78 is 24.5. The van der Waals surface area contributed by atoms with Gasteiger partial charge in [0.15, 0.2) is 11.5 Å². The van der Waals surface area contributed by atoms with Gasteiger partial charge < -0.3 is 28.4 Å². The molecule has 1 amide bonds. The van der Waals surface area contributed by atoms with Crippen molar-refractivity contribution in [2.45, 2.75) is 31.7 Å². The molecule has 1 atom stereocenters. The van der Waals surface area contributed by atoms with Crippen molar-refractivity contribution in [1.29, 1.82) is 0 Å². The highest BCUT2D eigenvalue weighted by molar-refractivity contribution is 5.98. The zero-order valence-corrected chi connectivity index (χ0v) is 22.1. The fourth-order valence-corrected chi connectivity index (χ4v) is 5.05. The van der Waals surface area contributed by atoms with E-state index in [4.69, 9.17) is 23.9 Å². The lowest BCUT2D eigenvalue weighted by molar-refractivity contribution is -0.117. The fourth-order valence-electron chi connectivity index (χ4n) is 5.05. The first-order valence-electron chi connectivity index (χ1n) is 12.9. The van der Waals surface area contributed by atoms with E-state index in [0.717, 1.165) is 53.4 Å². The number of unbranched alkanes of at least 4 members (excludes halogenated alkanes) is 1. The van der Waals surface area contributed by atoms with Crippen LogP contribution in [0.5, 0.6) is 23.0 Å². The van der Waals surface area contributed by atoms with Gasteiger partial charge in [-0.3, -0.25) is 4.79 Å². The van der Waals surface area contributed by atoms with E-state index >= 15 is 0 Å². The maximum Gasteiger partial charge on any atom is 0.227 e. The number of ether oxygens (including phenoxy) is 4. The summed E-state index contributed by atoms with van der Waals surface area (Å²) in [6.07, 6.45) is 2.18. The van der Waals surface area contributed by atoms with Gasteiger partial charge in [0.2, 0.25) is 5.91 Å². The van der Waals surface area contributed by atoms with E-state index in [2.05, 4.69) is 10.6 Å². The lowest BCUT2D eigenvalue weighted by atomic mass is 10.1. The third-order valence-electron chi connectivity index (χ3n) is 6.95. The smallest absolute Gasteiger partial charge is 0.227 e. The van der Waals surface area contributed by atoms with E-state index in [-0.39, 0.29) is 11.8 Å². The molecule has 8 heteroatoms. The van der Waals surface area contributed by atoms with Crippen LogP contribution in [0.25, 0.3) is 11.0 Å². The van der Waals surface area contributed by atoms with Crippen molar-refractivity contribution in [2.24, 2.45) is 0 Å². The van der Waals surface area contributed by atoms with Gasteiger partial charge in [-0.2, -0.15) is 0 Å². The molecule has 2 heterocycles. The van der Waals surface area contributed by atoms with Gasteiger partial charge in [-0.1, -0.05) is 24.3 Å². The topological polar surface area (TPSA) is 75.1 Å². The number of aromatic nitrogens is 2. The summed E-state index contributed by atoms with van der Waals surface area (Å²) in [6.45, 7) is 1.91. The van der Waals surface area contributed by atoms with Crippen LogP contribution < -0.4 is 23.8 Å². The predicted molar refractivity (Wildman–Crippen MR) is 147 cm³/mol. The molecule has 1 aromatic heterocycles. The second-order valence-electron chi connectivity index (χ2n) is 9.26. The maximum atomic E-state index is 13.2. The van der Waals surface area contributed by atoms with Crippen molar-refractivity contribution in [3.05, 3.63) is 72.6 Å². The zero-order chi connectivity index (χ0) is 26.5. The Morgan fingerprint density at radius 3 is 2.42 bits per heavy atom. The summed E-state index contributed by atoms with van der Waals surface area (Å²) >= 11 is 0. The number of carbonyl (C=O) groups excluding carboxylic acids is 1. The van der Waals surface area contributed by atoms with E-state index in [1.54, 1.807) is 26.2 Å². The molecule has 0 radical (unpaired) electrons. The molecule has 0 saturated carbocycles. The minimum Gasteiger partial charge on any atom is -0.497 e. The molecule has 198 valence electrons. The Morgan fingerprint density at radius 2 is 1.63 bits per heavy atom. The van der Waals surface area contributed by atoms with Crippen LogP contribution in [0.4, 0.5) is 5.69 Å². The third kappa shape index (κ3) is 5.11. The summed E-state index contributed by atoms with van der Waals surface area (Å²) in [4.78, 5) is 20.0. The first kappa shape index (κ1) is 25.4. The van der Waals surface area contributed by atoms with Crippen LogP contribution in [0.15, 0.2) is 66.7 Å². The van der Waals surface area contributed by atoms with Crippen molar-refractivity contribution in [2.75, 3.05) is 39.4 Å². The molecule has 38 heavy (non-hydrogen) atoms. The van der Waals surface area contributed by atoms with E-state index in [9.17, 15) is 4.79 Å². The van der Waals surface area contributed by atoms with Crippen LogP contribution in [-0.2, 0) is 11.3 Å². The van der Waals surface area contributed by atoms with Gasteiger partial charge in [-0.05, 0) is 49.2 Å². The standard InChI is InChI=1S/C30H33N3O5/c1-35-22-14-15-26(36-2)25(19-22)33-20-21(18-29(33)34)30-31-23-10-4-5-11-24(23)32(30)16-8-9-17-38-28-13-7-6-12-27(28)37-3/h4-7,10-15,19,21H,8-9,16-18,20H2,1-3H3. The first-order valence-corrected chi connectivity index (χ1v) is 12.9. The molecule has 1 aliphatic rings. The summed E-state index contributed by atoms with van der Waals surface area (Å²) in [6, 6.07) is 21.3. The number of hydrogen-bond donors (Lipinski definition) is 0. The van der Waals surface area contributed by atoms with Crippen LogP contribution in [0.2, 0.25) is 0 Å². The van der Waals surface area contributed by atoms with Crippen LogP contribution in [0.3, 0.4) is 0 Å². The molecule has 0 aliphatic carbocycles. The molecular formula is C30H33N3O5. The highest BCUT2D eigenvalue weighted by atomic mass is 16.5. The van der Waals surface area contributed by atoms with Crippen molar-refractivity contribution in [1.82, 2.24) is 9.55 Å². The molecule has 5 rings (SSSR count). The number of hydrogen-bond acceptors (Lipinski definition) is 6. The summed E-state index contributed by atoms with van der Waals surface area (Å²) in [7, 11) is 4.87. The van der Waals surface area contributed by atoms with E-state index in [0.29, 0.717) is 31.1 Å². The first-order chi connectivity index (χ1) is 18.6. The average Bonchev–Trinajstić information content (AvgIpc) is 3.53. The number of amides is 1. The van der Waals surface area contributed by atoms with Crippen molar-refractivity contribution in [3.63, 3.8) is 0 Å². The highest BCUT2D eigenvalue weighted by Gasteiger charge is 2.36. The maximum absolute atomic E-state index is 13.2. The molecule has 0 bridgehead atoms. The minimum absolute atomic E-state index is 0.0318. The molecule has 0 N–H and O–H groups in total. The van der Waals surface area contributed by atoms with Gasteiger partial charge in [0, 0.05) is 31.5 Å². The Kier molecular flexibility index (Phi) is 7.67. The van der Waals surface area contributed by atoms with Gasteiger partial charge in [0.1, 0.15) is 17.3 Å². The van der Waals surface area contributed by atoms with Gasteiger partial charge in [-0.15, -0.1) is 0 Å². The van der Waals surface area contributed by atoms with Crippen LogP contribution in [0, 0.1) is 0 Å². The Balaban J connectivity index is 1.32. The zero-order valence-electron chi connectivity index (χ0n) is 22.1. The number of methoxy groups -OCH3 is 3. The van der Waals surface area contributed by atoms with Gasteiger partial charge in [0.25, 0.3) is 0 Å². The number of rotatable bonds is 11. The lowest BCUT2D eigenvalue weighted by Crippen LogP contribution is -2.25. The Morgan fingerprint density at radius 1 is 0.868 bits per heavy atom. The molecule has 3 aromatic carbocycles. The van der Waals surface area contributed by atoms with Crippen molar-refractivity contribution in [3.8, 4) is 23.0 Å². The average molecular weight is 516 g/mol. The molecule has 1 unspecified atom stereocenters. The molecule has 8 nitrogen and oxygen atoms in total. The summed E-state index contributed by atoms with van der Waals surface area (Å²) in [5.74, 6) is 3.76. The van der Waals surface area contributed by atoms with Crippen LogP contribution >= 0.6 is 0 Å². The number of carbonyl (C=O) groups is 1. The second-order valence-corrected chi connectivity index (χ2v) is 9.26. The monoisotopic (exact) mass is 515 g/mol. The molecule has 4 aromatic rings. The number of imidazole rings is 1. The normalized spacial score (nSPS) is 15.2. The van der Waals surface area contributed by atoms with Crippen LogP contribution in [-0.4, -0.2) is 49.9 Å². The van der Waals surface area contributed by atoms with Gasteiger partial charge in [-0.25, -0.2) is 4.98 Å². The van der Waals surface area contributed by atoms with E-state index in [1.165, 1.54) is 0 Å². The third-order valence-corrected chi connectivity index (χ3v) is 6.95.